The van der Waals surface area contributed by atoms with Gasteiger partial charge in [-0.3, -0.25) is 14.9 Å². The summed E-state index contributed by atoms with van der Waals surface area (Å²) < 4.78 is 5.65. The van der Waals surface area contributed by atoms with E-state index in [-0.39, 0.29) is 22.8 Å². The molecular formula is C24H15N3O4. The fraction of sp³-hybridized carbons (Fsp3) is 0. The van der Waals surface area contributed by atoms with Gasteiger partial charge < -0.3 is 9.73 Å². The molecule has 31 heavy (non-hydrogen) atoms. The summed E-state index contributed by atoms with van der Waals surface area (Å²) in [5, 5.41) is 25.3. The third kappa shape index (κ3) is 4.04. The minimum absolute atomic E-state index is 0.0958. The first kappa shape index (κ1) is 19.6. The Morgan fingerprint density at radius 2 is 1.74 bits per heavy atom. The fourth-order valence-corrected chi connectivity index (χ4v) is 3.23. The average Bonchev–Trinajstić information content (AvgIpc) is 3.26. The van der Waals surface area contributed by atoms with Crippen LogP contribution < -0.4 is 5.32 Å². The smallest absolute Gasteiger partial charge is 0.280 e. The van der Waals surface area contributed by atoms with E-state index in [1.54, 1.807) is 36.4 Å². The molecule has 0 unspecified atom stereocenters. The van der Waals surface area contributed by atoms with Gasteiger partial charge in [0.15, 0.2) is 0 Å². The zero-order chi connectivity index (χ0) is 21.8. The van der Waals surface area contributed by atoms with E-state index >= 15 is 0 Å². The molecular weight excluding hydrogens is 394 g/mol. The predicted molar refractivity (Wildman–Crippen MR) is 117 cm³/mol. The summed E-state index contributed by atoms with van der Waals surface area (Å²) in [4.78, 5) is 23.4. The molecule has 7 nitrogen and oxygen atoms in total. The van der Waals surface area contributed by atoms with Gasteiger partial charge in [-0.15, -0.1) is 0 Å². The minimum Gasteiger partial charge on any atom is -0.456 e. The van der Waals surface area contributed by atoms with E-state index in [0.717, 1.165) is 10.8 Å². The monoisotopic (exact) mass is 409 g/mol. The van der Waals surface area contributed by atoms with E-state index in [0.29, 0.717) is 11.3 Å². The second-order valence-corrected chi connectivity index (χ2v) is 6.63. The Bertz CT molecular complexity index is 1370. The first-order valence-electron chi connectivity index (χ1n) is 9.31. The number of hydrogen-bond donors (Lipinski definition) is 1. The summed E-state index contributed by atoms with van der Waals surface area (Å²) in [5.74, 6) is -0.0782. The van der Waals surface area contributed by atoms with E-state index in [1.165, 1.54) is 12.1 Å². The lowest BCUT2D eigenvalue weighted by Gasteiger charge is -2.08. The van der Waals surface area contributed by atoms with Crippen LogP contribution in [0.15, 0.2) is 88.9 Å². The molecule has 0 saturated heterocycles. The molecule has 0 aliphatic rings. The van der Waals surface area contributed by atoms with Crippen LogP contribution in [0.2, 0.25) is 0 Å². The van der Waals surface area contributed by atoms with Crippen molar-refractivity contribution >= 4 is 34.1 Å². The first-order chi connectivity index (χ1) is 15.1. The molecule has 1 amide bonds. The maximum absolute atomic E-state index is 12.7. The number of hydrogen-bond acceptors (Lipinski definition) is 5. The van der Waals surface area contributed by atoms with Gasteiger partial charge in [0.05, 0.1) is 10.5 Å². The van der Waals surface area contributed by atoms with E-state index in [2.05, 4.69) is 5.32 Å². The predicted octanol–water partition coefficient (Wildman–Crippen LogP) is 5.55. The van der Waals surface area contributed by atoms with Crippen LogP contribution in [0.3, 0.4) is 0 Å². The van der Waals surface area contributed by atoms with Crippen LogP contribution in [0.5, 0.6) is 0 Å². The Morgan fingerprint density at radius 3 is 2.55 bits per heavy atom. The van der Waals surface area contributed by atoms with E-state index in [4.69, 9.17) is 4.42 Å². The topological polar surface area (TPSA) is 109 Å². The molecule has 7 heteroatoms. The molecule has 0 spiro atoms. The highest BCUT2D eigenvalue weighted by Gasteiger charge is 2.18. The lowest BCUT2D eigenvalue weighted by atomic mass is 10.1. The Kier molecular flexibility index (Phi) is 5.28. The number of fused-ring (bicyclic) bond motifs is 1. The second-order valence-electron chi connectivity index (χ2n) is 6.63. The van der Waals surface area contributed by atoms with Crippen molar-refractivity contribution in [3.8, 4) is 17.4 Å². The highest BCUT2D eigenvalue weighted by Crippen LogP contribution is 2.31. The molecule has 0 bridgehead atoms. The lowest BCUT2D eigenvalue weighted by Crippen LogP contribution is -2.13. The van der Waals surface area contributed by atoms with Gasteiger partial charge in [0.2, 0.25) is 0 Å². The quantitative estimate of drug-likeness (QED) is 0.201. The Hall–Kier alpha value is -4.70. The average molecular weight is 409 g/mol. The minimum atomic E-state index is -0.581. The number of nitriles is 1. The summed E-state index contributed by atoms with van der Waals surface area (Å²) in [5.41, 5.74) is 0.646. The largest absolute Gasteiger partial charge is 0.456 e. The number of carbonyl (C=O) groups excluding carboxylic acids is 1. The third-order valence-corrected chi connectivity index (χ3v) is 4.68. The Morgan fingerprint density at radius 1 is 1.00 bits per heavy atom. The maximum atomic E-state index is 12.7. The molecule has 4 rings (SSSR count). The first-order valence-corrected chi connectivity index (χ1v) is 9.31. The highest BCUT2D eigenvalue weighted by molar-refractivity contribution is 6.12. The Balaban J connectivity index is 1.62. The molecule has 0 saturated carbocycles. The molecule has 0 atom stereocenters. The molecule has 0 fully saturated rings. The van der Waals surface area contributed by atoms with Gasteiger partial charge in [0.25, 0.3) is 11.6 Å². The lowest BCUT2D eigenvalue weighted by molar-refractivity contribution is -0.384. The normalized spacial score (nSPS) is 11.1. The number of para-hydroxylation sites is 1. The van der Waals surface area contributed by atoms with Crippen molar-refractivity contribution in [3.63, 3.8) is 0 Å². The summed E-state index contributed by atoms with van der Waals surface area (Å²) in [6.07, 6.45) is 1.30. The third-order valence-electron chi connectivity index (χ3n) is 4.68. The Labute approximate surface area is 177 Å². The summed E-state index contributed by atoms with van der Waals surface area (Å²) >= 11 is 0. The van der Waals surface area contributed by atoms with Crippen molar-refractivity contribution in [1.82, 2.24) is 0 Å². The zero-order valence-corrected chi connectivity index (χ0v) is 16.1. The van der Waals surface area contributed by atoms with Gasteiger partial charge in [0, 0.05) is 23.2 Å². The molecule has 1 N–H and O–H groups in total. The number of nitrogens with zero attached hydrogens (tertiary/aromatic N) is 2. The van der Waals surface area contributed by atoms with Crippen molar-refractivity contribution in [2.45, 2.75) is 0 Å². The van der Waals surface area contributed by atoms with Crippen molar-refractivity contribution in [2.75, 3.05) is 5.32 Å². The number of nitrogens with one attached hydrogen (secondary N) is 1. The molecule has 0 radical (unpaired) electrons. The van der Waals surface area contributed by atoms with Crippen LogP contribution in [0.25, 0.3) is 28.2 Å². The number of nitro groups is 1. The summed E-state index contributed by atoms with van der Waals surface area (Å²) in [6, 6.07) is 24.3. The molecule has 0 aliphatic heterocycles. The van der Waals surface area contributed by atoms with Crippen molar-refractivity contribution < 1.29 is 14.1 Å². The fourth-order valence-electron chi connectivity index (χ4n) is 3.23. The van der Waals surface area contributed by atoms with E-state index in [9.17, 15) is 20.2 Å². The molecule has 0 aliphatic carbocycles. The van der Waals surface area contributed by atoms with Gasteiger partial charge in [-0.25, -0.2) is 0 Å². The van der Waals surface area contributed by atoms with Crippen molar-refractivity contribution in [2.24, 2.45) is 0 Å². The number of rotatable bonds is 5. The SMILES string of the molecule is N#C/C(=C\c1ccc(-c2ccccc2[N+](=O)[O-])o1)C(=O)Nc1cccc2ccccc12. The molecule has 4 aromatic rings. The van der Waals surface area contributed by atoms with E-state index < -0.39 is 10.8 Å². The number of nitro benzene ring substituents is 1. The standard InChI is InChI=1S/C24H15N3O4/c25-15-17(24(28)26-21-10-5-7-16-6-1-2-8-19(16)21)14-18-12-13-23(31-18)20-9-3-4-11-22(20)27(29)30/h1-14H,(H,26,28)/b17-14+. The number of furan rings is 1. The van der Waals surface area contributed by atoms with Crippen molar-refractivity contribution in [1.29, 1.82) is 5.26 Å². The number of benzene rings is 3. The van der Waals surface area contributed by atoms with Gasteiger partial charge in [-0.1, -0.05) is 48.5 Å². The van der Waals surface area contributed by atoms with Crippen LogP contribution in [0, 0.1) is 21.4 Å². The number of amides is 1. The van der Waals surface area contributed by atoms with Gasteiger partial charge in [0.1, 0.15) is 23.2 Å². The van der Waals surface area contributed by atoms with Crippen LogP contribution in [0.1, 0.15) is 5.76 Å². The van der Waals surface area contributed by atoms with Gasteiger partial charge >= 0.3 is 0 Å². The highest BCUT2D eigenvalue weighted by atomic mass is 16.6. The molecule has 150 valence electrons. The molecule has 1 aromatic heterocycles. The summed E-state index contributed by atoms with van der Waals surface area (Å²) in [6.45, 7) is 0. The van der Waals surface area contributed by atoms with Crippen LogP contribution in [-0.2, 0) is 4.79 Å². The van der Waals surface area contributed by atoms with Gasteiger partial charge in [-0.05, 0) is 29.7 Å². The zero-order valence-electron chi connectivity index (χ0n) is 16.1. The van der Waals surface area contributed by atoms with Crippen LogP contribution in [0.4, 0.5) is 11.4 Å². The molecule has 1 heterocycles. The van der Waals surface area contributed by atoms with Gasteiger partial charge in [-0.2, -0.15) is 5.26 Å². The second kappa shape index (κ2) is 8.35. The molecule has 3 aromatic carbocycles. The van der Waals surface area contributed by atoms with Crippen LogP contribution >= 0.6 is 0 Å². The van der Waals surface area contributed by atoms with Crippen LogP contribution in [-0.4, -0.2) is 10.8 Å². The van der Waals surface area contributed by atoms with Crippen molar-refractivity contribution in [3.05, 3.63) is 100 Å². The maximum Gasteiger partial charge on any atom is 0.280 e. The number of anilines is 1. The number of carbonyl (C=O) groups is 1. The van der Waals surface area contributed by atoms with E-state index in [1.807, 2.05) is 42.5 Å². The summed E-state index contributed by atoms with van der Waals surface area (Å²) in [7, 11) is 0.